The normalized spacial score (nSPS) is 14.7. The van der Waals surface area contributed by atoms with Gasteiger partial charge >= 0.3 is 0 Å². The van der Waals surface area contributed by atoms with Crippen LogP contribution in [-0.2, 0) is 0 Å². The second kappa shape index (κ2) is 9.27. The third-order valence-electron chi connectivity index (χ3n) is 6.03. The SMILES string of the molecule is CCCN(C(=O)c1oc2ccc(Br)cc2c1C)C1CCN(C(=O)c2ccccc2)CC1. The van der Waals surface area contributed by atoms with Crippen molar-refractivity contribution in [2.75, 3.05) is 19.6 Å². The zero-order valence-corrected chi connectivity index (χ0v) is 19.5. The molecule has 162 valence electrons. The largest absolute Gasteiger partial charge is 0.451 e. The second-order valence-corrected chi connectivity index (χ2v) is 9.00. The van der Waals surface area contributed by atoms with Gasteiger partial charge in [0.05, 0.1) is 0 Å². The van der Waals surface area contributed by atoms with E-state index in [-0.39, 0.29) is 17.9 Å². The molecule has 0 bridgehead atoms. The fraction of sp³-hybridized carbons (Fsp3) is 0.360. The van der Waals surface area contributed by atoms with Crippen molar-refractivity contribution in [3.63, 3.8) is 0 Å². The Labute approximate surface area is 191 Å². The Balaban J connectivity index is 1.50. The molecule has 6 heteroatoms. The molecule has 0 spiro atoms. The number of likely N-dealkylation sites (tertiary alicyclic amines) is 1. The van der Waals surface area contributed by atoms with E-state index in [0.717, 1.165) is 40.3 Å². The Kier molecular flexibility index (Phi) is 6.46. The van der Waals surface area contributed by atoms with E-state index in [4.69, 9.17) is 4.42 Å². The smallest absolute Gasteiger partial charge is 0.290 e. The van der Waals surface area contributed by atoms with Gasteiger partial charge in [-0.25, -0.2) is 0 Å². The number of aryl methyl sites for hydroxylation is 1. The van der Waals surface area contributed by atoms with Gasteiger partial charge < -0.3 is 14.2 Å². The first-order valence-corrected chi connectivity index (χ1v) is 11.6. The maximum absolute atomic E-state index is 13.5. The lowest BCUT2D eigenvalue weighted by atomic mass is 10.0. The van der Waals surface area contributed by atoms with E-state index in [1.54, 1.807) is 0 Å². The highest BCUT2D eigenvalue weighted by Gasteiger charge is 2.32. The quantitative estimate of drug-likeness (QED) is 0.471. The van der Waals surface area contributed by atoms with Crippen LogP contribution in [0.15, 0.2) is 57.4 Å². The number of nitrogens with zero attached hydrogens (tertiary/aromatic N) is 2. The highest BCUT2D eigenvalue weighted by molar-refractivity contribution is 9.10. The summed E-state index contributed by atoms with van der Waals surface area (Å²) < 4.78 is 6.94. The minimum atomic E-state index is -0.0560. The standard InChI is InChI=1S/C25H27BrN2O3/c1-3-13-28(25(30)23-17(2)21-16-19(26)9-10-22(21)31-23)20-11-14-27(15-12-20)24(29)18-7-5-4-6-8-18/h4-10,16,20H,3,11-15H2,1-2H3. The zero-order valence-electron chi connectivity index (χ0n) is 17.9. The molecule has 0 aliphatic carbocycles. The highest BCUT2D eigenvalue weighted by atomic mass is 79.9. The maximum Gasteiger partial charge on any atom is 0.290 e. The van der Waals surface area contributed by atoms with Crippen LogP contribution in [0.25, 0.3) is 11.0 Å². The Morgan fingerprint density at radius 3 is 2.52 bits per heavy atom. The molecule has 1 aliphatic heterocycles. The van der Waals surface area contributed by atoms with Gasteiger partial charge in [-0.05, 0) is 56.5 Å². The fourth-order valence-corrected chi connectivity index (χ4v) is 4.72. The first-order valence-electron chi connectivity index (χ1n) is 10.8. The number of piperidine rings is 1. The number of benzene rings is 2. The summed E-state index contributed by atoms with van der Waals surface area (Å²) in [5, 5.41) is 0.956. The summed E-state index contributed by atoms with van der Waals surface area (Å²) in [6, 6.07) is 15.3. The molecule has 1 aromatic heterocycles. The molecular formula is C25H27BrN2O3. The molecule has 5 nitrogen and oxygen atoms in total. The van der Waals surface area contributed by atoms with Crippen molar-refractivity contribution in [1.29, 1.82) is 0 Å². The van der Waals surface area contributed by atoms with Crippen LogP contribution in [0.5, 0.6) is 0 Å². The van der Waals surface area contributed by atoms with E-state index in [2.05, 4.69) is 22.9 Å². The average Bonchev–Trinajstić information content (AvgIpc) is 3.13. The number of fused-ring (bicyclic) bond motifs is 1. The number of halogens is 1. The van der Waals surface area contributed by atoms with Gasteiger partial charge in [-0.1, -0.05) is 41.1 Å². The minimum absolute atomic E-state index is 0.0560. The summed E-state index contributed by atoms with van der Waals surface area (Å²) in [7, 11) is 0. The van der Waals surface area contributed by atoms with Gasteiger partial charge in [0.25, 0.3) is 11.8 Å². The summed E-state index contributed by atoms with van der Waals surface area (Å²) >= 11 is 3.49. The van der Waals surface area contributed by atoms with Gasteiger partial charge in [0.2, 0.25) is 0 Å². The molecule has 0 unspecified atom stereocenters. The van der Waals surface area contributed by atoms with Crippen molar-refractivity contribution in [2.24, 2.45) is 0 Å². The van der Waals surface area contributed by atoms with Gasteiger partial charge in [-0.3, -0.25) is 9.59 Å². The topological polar surface area (TPSA) is 53.8 Å². The van der Waals surface area contributed by atoms with Gasteiger partial charge in [0.1, 0.15) is 5.58 Å². The van der Waals surface area contributed by atoms with E-state index in [1.165, 1.54) is 0 Å². The molecule has 1 aliphatic rings. The van der Waals surface area contributed by atoms with Crippen molar-refractivity contribution in [3.05, 3.63) is 69.9 Å². The average molecular weight is 483 g/mol. The van der Waals surface area contributed by atoms with E-state index in [0.29, 0.717) is 31.0 Å². The van der Waals surface area contributed by atoms with Crippen LogP contribution >= 0.6 is 15.9 Å². The van der Waals surface area contributed by atoms with Crippen LogP contribution in [0, 0.1) is 6.92 Å². The molecule has 2 amide bonds. The van der Waals surface area contributed by atoms with Crippen LogP contribution in [0.3, 0.4) is 0 Å². The van der Waals surface area contributed by atoms with E-state index < -0.39 is 0 Å². The molecule has 4 rings (SSSR count). The molecule has 0 N–H and O–H groups in total. The summed E-state index contributed by atoms with van der Waals surface area (Å²) in [6.07, 6.45) is 2.42. The summed E-state index contributed by atoms with van der Waals surface area (Å²) in [5.41, 5.74) is 2.31. The van der Waals surface area contributed by atoms with E-state index in [9.17, 15) is 9.59 Å². The predicted octanol–water partition coefficient (Wildman–Crippen LogP) is 5.66. The van der Waals surface area contributed by atoms with Crippen LogP contribution in [0.4, 0.5) is 0 Å². The Bertz CT molecular complexity index is 1080. The molecule has 2 aromatic carbocycles. The fourth-order valence-electron chi connectivity index (χ4n) is 4.36. The summed E-state index contributed by atoms with van der Waals surface area (Å²) in [4.78, 5) is 30.1. The monoisotopic (exact) mass is 482 g/mol. The van der Waals surface area contributed by atoms with Gasteiger partial charge in [-0.15, -0.1) is 0 Å². The van der Waals surface area contributed by atoms with Crippen LogP contribution < -0.4 is 0 Å². The van der Waals surface area contributed by atoms with Crippen molar-refractivity contribution in [2.45, 2.75) is 39.2 Å². The summed E-state index contributed by atoms with van der Waals surface area (Å²) in [6.45, 7) is 6.00. The van der Waals surface area contributed by atoms with E-state index in [1.807, 2.05) is 65.3 Å². The second-order valence-electron chi connectivity index (χ2n) is 8.08. The van der Waals surface area contributed by atoms with Crippen molar-refractivity contribution < 1.29 is 14.0 Å². The summed E-state index contributed by atoms with van der Waals surface area (Å²) in [5.74, 6) is 0.426. The van der Waals surface area contributed by atoms with Crippen LogP contribution in [0.1, 0.15) is 52.7 Å². The van der Waals surface area contributed by atoms with Crippen LogP contribution in [0.2, 0.25) is 0 Å². The predicted molar refractivity (Wildman–Crippen MR) is 125 cm³/mol. The van der Waals surface area contributed by atoms with E-state index >= 15 is 0 Å². The molecule has 0 atom stereocenters. The van der Waals surface area contributed by atoms with Crippen molar-refractivity contribution >= 4 is 38.7 Å². The van der Waals surface area contributed by atoms with Crippen molar-refractivity contribution in [1.82, 2.24) is 9.80 Å². The van der Waals surface area contributed by atoms with Crippen LogP contribution in [-0.4, -0.2) is 47.3 Å². The number of carbonyl (C=O) groups is 2. The molecule has 1 saturated heterocycles. The zero-order chi connectivity index (χ0) is 22.0. The van der Waals surface area contributed by atoms with Gasteiger partial charge in [-0.2, -0.15) is 0 Å². The Hall–Kier alpha value is -2.60. The van der Waals surface area contributed by atoms with Gasteiger partial charge in [0.15, 0.2) is 5.76 Å². The maximum atomic E-state index is 13.5. The number of hydrogen-bond donors (Lipinski definition) is 0. The molecule has 3 aromatic rings. The molecule has 1 fully saturated rings. The minimum Gasteiger partial charge on any atom is -0.451 e. The van der Waals surface area contributed by atoms with Crippen molar-refractivity contribution in [3.8, 4) is 0 Å². The number of rotatable bonds is 5. The highest BCUT2D eigenvalue weighted by Crippen LogP contribution is 2.30. The third-order valence-corrected chi connectivity index (χ3v) is 6.52. The molecule has 0 radical (unpaired) electrons. The molecule has 31 heavy (non-hydrogen) atoms. The lowest BCUT2D eigenvalue weighted by molar-refractivity contribution is 0.0499. The lowest BCUT2D eigenvalue weighted by Crippen LogP contribution is -2.49. The van der Waals surface area contributed by atoms with Gasteiger partial charge in [0, 0.05) is 46.7 Å². The Morgan fingerprint density at radius 2 is 1.84 bits per heavy atom. The number of hydrogen-bond acceptors (Lipinski definition) is 3. The number of amides is 2. The molecule has 0 saturated carbocycles. The first kappa shape index (κ1) is 21.6. The molecule has 2 heterocycles. The third kappa shape index (κ3) is 4.40. The number of carbonyl (C=O) groups excluding carboxylic acids is 2. The Morgan fingerprint density at radius 1 is 1.13 bits per heavy atom. The lowest BCUT2D eigenvalue weighted by Gasteiger charge is -2.38. The first-order chi connectivity index (χ1) is 15.0. The molecular weight excluding hydrogens is 456 g/mol. The number of furan rings is 1.